The van der Waals surface area contributed by atoms with E-state index in [-0.39, 0.29) is 24.6 Å². The summed E-state index contributed by atoms with van der Waals surface area (Å²) in [6.07, 6.45) is 2.42. The molecule has 2 saturated heterocycles. The summed E-state index contributed by atoms with van der Waals surface area (Å²) in [6.45, 7) is 2.37. The van der Waals surface area contributed by atoms with Gasteiger partial charge in [0.2, 0.25) is 5.91 Å². The Bertz CT molecular complexity index is 649. The van der Waals surface area contributed by atoms with E-state index in [2.05, 4.69) is 10.6 Å². The maximum atomic E-state index is 14.4. The first-order valence-corrected chi connectivity index (χ1v) is 7.68. The Labute approximate surface area is 127 Å². The number of carbonyl (C=O) groups is 2. The van der Waals surface area contributed by atoms with Gasteiger partial charge >= 0.3 is 6.03 Å². The SMILES string of the molecule is O=C1CCN(c2ccc(C3CC4(CNC4)C3)cc2F)C(=O)N1. The van der Waals surface area contributed by atoms with Crippen molar-refractivity contribution in [2.75, 3.05) is 24.5 Å². The van der Waals surface area contributed by atoms with Crippen LogP contribution in [0.15, 0.2) is 18.2 Å². The second-order valence-electron chi connectivity index (χ2n) is 6.67. The normalized spacial score (nSPS) is 24.0. The molecule has 4 rings (SSSR count). The fraction of sp³-hybridized carbons (Fsp3) is 0.500. The Morgan fingerprint density at radius 1 is 1.23 bits per heavy atom. The van der Waals surface area contributed by atoms with E-state index in [1.54, 1.807) is 12.1 Å². The van der Waals surface area contributed by atoms with Gasteiger partial charge in [-0.15, -0.1) is 0 Å². The summed E-state index contributed by atoms with van der Waals surface area (Å²) in [5.41, 5.74) is 1.70. The van der Waals surface area contributed by atoms with Gasteiger partial charge in [0.15, 0.2) is 0 Å². The zero-order chi connectivity index (χ0) is 15.3. The molecule has 0 unspecified atom stereocenters. The monoisotopic (exact) mass is 303 g/mol. The van der Waals surface area contributed by atoms with E-state index >= 15 is 0 Å². The lowest BCUT2D eigenvalue weighted by atomic mass is 9.57. The van der Waals surface area contributed by atoms with E-state index in [0.717, 1.165) is 31.5 Å². The predicted octanol–water partition coefficient (Wildman–Crippen LogP) is 1.74. The van der Waals surface area contributed by atoms with Crippen molar-refractivity contribution in [1.29, 1.82) is 0 Å². The van der Waals surface area contributed by atoms with Gasteiger partial charge in [0, 0.05) is 26.1 Å². The minimum atomic E-state index is -0.550. The third-order valence-corrected chi connectivity index (χ3v) is 5.15. The summed E-state index contributed by atoms with van der Waals surface area (Å²) in [5.74, 6) is -0.288. The van der Waals surface area contributed by atoms with Crippen molar-refractivity contribution in [2.45, 2.75) is 25.2 Å². The molecule has 0 atom stereocenters. The van der Waals surface area contributed by atoms with Gasteiger partial charge in [-0.05, 0) is 41.9 Å². The van der Waals surface area contributed by atoms with Crippen molar-refractivity contribution in [3.05, 3.63) is 29.6 Å². The largest absolute Gasteiger partial charge is 0.328 e. The summed E-state index contributed by atoms with van der Waals surface area (Å²) < 4.78 is 14.4. The minimum absolute atomic E-state index is 0.199. The highest BCUT2D eigenvalue weighted by molar-refractivity contribution is 6.05. The molecule has 1 aliphatic carbocycles. The van der Waals surface area contributed by atoms with Crippen LogP contribution in [0, 0.1) is 11.2 Å². The average Bonchev–Trinajstić information content (AvgIpc) is 2.37. The number of hydrogen-bond acceptors (Lipinski definition) is 3. The third-order valence-electron chi connectivity index (χ3n) is 5.15. The number of carbonyl (C=O) groups excluding carboxylic acids is 2. The van der Waals surface area contributed by atoms with E-state index in [9.17, 15) is 14.0 Å². The van der Waals surface area contributed by atoms with Crippen LogP contribution in [-0.4, -0.2) is 31.6 Å². The topological polar surface area (TPSA) is 61.4 Å². The maximum absolute atomic E-state index is 14.4. The van der Waals surface area contributed by atoms with Crippen LogP contribution in [0.1, 0.15) is 30.7 Å². The van der Waals surface area contributed by atoms with Crippen LogP contribution in [0.5, 0.6) is 0 Å². The minimum Gasteiger partial charge on any atom is -0.316 e. The molecular formula is C16H18FN3O2. The predicted molar refractivity (Wildman–Crippen MR) is 79.2 cm³/mol. The lowest BCUT2D eigenvalue weighted by Gasteiger charge is -2.54. The van der Waals surface area contributed by atoms with Gasteiger partial charge in [0.25, 0.3) is 0 Å². The number of amides is 3. The standard InChI is InChI=1S/C16H18FN3O2/c17-12-5-10(11-6-16(7-11)8-18-9-16)1-2-13(12)20-4-3-14(21)19-15(20)22/h1-2,5,11,18H,3-4,6-9H2,(H,19,21,22). The molecule has 0 bridgehead atoms. The smallest absolute Gasteiger partial charge is 0.316 e. The van der Waals surface area contributed by atoms with Crippen molar-refractivity contribution in [2.24, 2.45) is 5.41 Å². The van der Waals surface area contributed by atoms with Crippen LogP contribution in [0.2, 0.25) is 0 Å². The quantitative estimate of drug-likeness (QED) is 0.875. The lowest BCUT2D eigenvalue weighted by Crippen LogP contribution is -2.59. The molecule has 6 heteroatoms. The zero-order valence-electron chi connectivity index (χ0n) is 12.2. The Morgan fingerprint density at radius 2 is 2.00 bits per heavy atom. The van der Waals surface area contributed by atoms with E-state index in [1.807, 2.05) is 6.07 Å². The van der Waals surface area contributed by atoms with Crippen molar-refractivity contribution in [3.8, 4) is 0 Å². The lowest BCUT2D eigenvalue weighted by molar-refractivity contribution is -0.120. The highest BCUT2D eigenvalue weighted by atomic mass is 19.1. The van der Waals surface area contributed by atoms with Gasteiger partial charge in [-0.2, -0.15) is 0 Å². The number of imide groups is 1. The van der Waals surface area contributed by atoms with Crippen LogP contribution in [0.3, 0.4) is 0 Å². The second-order valence-corrected chi connectivity index (χ2v) is 6.67. The van der Waals surface area contributed by atoms with Crippen LogP contribution in [0.4, 0.5) is 14.9 Å². The Hall–Kier alpha value is -1.95. The number of hydrogen-bond donors (Lipinski definition) is 2. The van der Waals surface area contributed by atoms with Gasteiger partial charge in [0.05, 0.1) is 5.69 Å². The molecule has 0 aromatic heterocycles. The van der Waals surface area contributed by atoms with Crippen molar-refractivity contribution < 1.29 is 14.0 Å². The van der Waals surface area contributed by atoms with E-state index in [0.29, 0.717) is 11.3 Å². The number of nitrogens with one attached hydrogen (secondary N) is 2. The highest BCUT2D eigenvalue weighted by Crippen LogP contribution is 2.53. The van der Waals surface area contributed by atoms with Crippen LogP contribution >= 0.6 is 0 Å². The van der Waals surface area contributed by atoms with Gasteiger partial charge in [0.1, 0.15) is 5.82 Å². The average molecular weight is 303 g/mol. The van der Waals surface area contributed by atoms with E-state index in [4.69, 9.17) is 0 Å². The van der Waals surface area contributed by atoms with Crippen molar-refractivity contribution >= 4 is 17.6 Å². The molecule has 1 aromatic rings. The Morgan fingerprint density at radius 3 is 2.59 bits per heavy atom. The number of benzene rings is 1. The maximum Gasteiger partial charge on any atom is 0.328 e. The summed E-state index contributed by atoms with van der Waals surface area (Å²) >= 11 is 0. The zero-order valence-corrected chi connectivity index (χ0v) is 12.2. The third kappa shape index (κ3) is 2.09. The Kier molecular flexibility index (Phi) is 2.97. The molecule has 2 N–H and O–H groups in total. The molecular weight excluding hydrogens is 285 g/mol. The highest BCUT2D eigenvalue weighted by Gasteiger charge is 2.48. The van der Waals surface area contributed by atoms with Gasteiger partial charge in [-0.25, -0.2) is 9.18 Å². The van der Waals surface area contributed by atoms with Crippen LogP contribution < -0.4 is 15.5 Å². The summed E-state index contributed by atoms with van der Waals surface area (Å²) in [7, 11) is 0. The van der Waals surface area contributed by atoms with Crippen LogP contribution in [-0.2, 0) is 4.79 Å². The van der Waals surface area contributed by atoms with Gasteiger partial charge < -0.3 is 5.32 Å². The molecule has 2 heterocycles. The number of nitrogens with zero attached hydrogens (tertiary/aromatic N) is 1. The van der Waals surface area contributed by atoms with E-state index < -0.39 is 11.8 Å². The molecule has 2 aliphatic heterocycles. The number of rotatable bonds is 2. The first-order valence-electron chi connectivity index (χ1n) is 7.68. The van der Waals surface area contributed by atoms with Crippen molar-refractivity contribution in [1.82, 2.24) is 10.6 Å². The Balaban J connectivity index is 1.51. The second kappa shape index (κ2) is 4.78. The number of halogens is 1. The fourth-order valence-electron chi connectivity index (χ4n) is 3.78. The molecule has 1 spiro atoms. The molecule has 3 fully saturated rings. The summed E-state index contributed by atoms with van der Waals surface area (Å²) in [4.78, 5) is 24.2. The molecule has 116 valence electrons. The number of urea groups is 1. The molecule has 3 aliphatic rings. The van der Waals surface area contributed by atoms with Gasteiger partial charge in [-0.3, -0.25) is 15.0 Å². The molecule has 1 aromatic carbocycles. The van der Waals surface area contributed by atoms with Crippen LogP contribution in [0.25, 0.3) is 0 Å². The first-order chi connectivity index (χ1) is 10.6. The molecule has 5 nitrogen and oxygen atoms in total. The molecule has 1 saturated carbocycles. The van der Waals surface area contributed by atoms with Gasteiger partial charge in [-0.1, -0.05) is 6.07 Å². The van der Waals surface area contributed by atoms with Crippen molar-refractivity contribution in [3.63, 3.8) is 0 Å². The summed E-state index contributed by atoms with van der Waals surface area (Å²) in [6, 6.07) is 4.56. The molecule has 3 amide bonds. The molecule has 0 radical (unpaired) electrons. The van der Waals surface area contributed by atoms with E-state index in [1.165, 1.54) is 4.90 Å². The first kappa shape index (κ1) is 13.7. The number of anilines is 1. The summed E-state index contributed by atoms with van der Waals surface area (Å²) in [5, 5.41) is 5.51. The molecule has 22 heavy (non-hydrogen) atoms. The fourth-order valence-corrected chi connectivity index (χ4v) is 3.78.